The van der Waals surface area contributed by atoms with Crippen LogP contribution in [-0.4, -0.2) is 27.7 Å². The third kappa shape index (κ3) is 4.08. The largest absolute Gasteiger partial charge is 0.382 e. The molecule has 2 aromatic carbocycles. The van der Waals surface area contributed by atoms with E-state index in [2.05, 4.69) is 20.7 Å². The van der Waals surface area contributed by atoms with E-state index in [1.165, 1.54) is 30.6 Å². The van der Waals surface area contributed by atoms with Crippen LogP contribution >= 0.6 is 0 Å². The number of benzene rings is 2. The number of aromatic nitrogens is 3. The summed E-state index contributed by atoms with van der Waals surface area (Å²) in [6.45, 7) is 2.02. The van der Waals surface area contributed by atoms with E-state index in [0.717, 1.165) is 11.1 Å². The minimum absolute atomic E-state index is 0.000471. The highest BCUT2D eigenvalue weighted by Gasteiger charge is 2.18. The molecule has 2 aromatic heterocycles. The number of rotatable bonds is 5. The van der Waals surface area contributed by atoms with Gasteiger partial charge in [-0.15, -0.1) is 0 Å². The Bertz CT molecular complexity index is 1320. The normalized spacial score (nSPS) is 11.0. The molecule has 0 saturated heterocycles. The van der Waals surface area contributed by atoms with Gasteiger partial charge in [0.05, 0.1) is 18.0 Å². The van der Waals surface area contributed by atoms with Gasteiger partial charge in [-0.1, -0.05) is 12.1 Å². The number of amides is 2. The number of methoxy groups -OCH3 is 1. The fraction of sp³-hybridized carbons (Fsp3) is 0.136. The summed E-state index contributed by atoms with van der Waals surface area (Å²) in [7, 11) is 1.55. The highest BCUT2D eigenvalue weighted by atomic mass is 19.1. The highest BCUT2D eigenvalue weighted by molar-refractivity contribution is 6.00. The number of nitrogens with one attached hydrogen (secondary N) is 2. The molecule has 0 atom stereocenters. The summed E-state index contributed by atoms with van der Waals surface area (Å²) in [6, 6.07) is 7.85. The summed E-state index contributed by atoms with van der Waals surface area (Å²) in [5.74, 6) is -1.03. The highest BCUT2D eigenvalue weighted by Crippen LogP contribution is 2.34. The minimum Gasteiger partial charge on any atom is -0.382 e. The summed E-state index contributed by atoms with van der Waals surface area (Å²) >= 11 is 0. The number of urea groups is 1. The van der Waals surface area contributed by atoms with E-state index in [1.807, 2.05) is 0 Å². The molecule has 2 heterocycles. The van der Waals surface area contributed by atoms with Gasteiger partial charge in [-0.2, -0.15) is 5.10 Å². The Kier molecular flexibility index (Phi) is 5.69. The monoisotopic (exact) mass is 438 g/mol. The van der Waals surface area contributed by atoms with Crippen LogP contribution < -0.4 is 16.4 Å². The Morgan fingerprint density at radius 1 is 1.12 bits per heavy atom. The minimum atomic E-state index is -0.770. The van der Waals surface area contributed by atoms with Gasteiger partial charge in [0.2, 0.25) is 0 Å². The number of halogens is 2. The van der Waals surface area contributed by atoms with Crippen molar-refractivity contribution >= 4 is 28.7 Å². The Morgan fingerprint density at radius 2 is 1.91 bits per heavy atom. The van der Waals surface area contributed by atoms with Crippen molar-refractivity contribution in [1.82, 2.24) is 14.6 Å². The van der Waals surface area contributed by atoms with Crippen LogP contribution in [0.4, 0.5) is 30.8 Å². The summed E-state index contributed by atoms with van der Waals surface area (Å²) in [6.07, 6.45) is 3.06. The number of nitrogen functional groups attached to an aromatic ring is 1. The number of carbonyl (C=O) groups excluding carboxylic acids is 1. The Balaban J connectivity index is 1.64. The van der Waals surface area contributed by atoms with Crippen molar-refractivity contribution in [2.75, 3.05) is 23.5 Å². The van der Waals surface area contributed by atoms with Crippen LogP contribution in [0.2, 0.25) is 0 Å². The zero-order valence-electron chi connectivity index (χ0n) is 17.3. The fourth-order valence-corrected chi connectivity index (χ4v) is 3.45. The molecule has 0 bridgehead atoms. The van der Waals surface area contributed by atoms with E-state index in [4.69, 9.17) is 10.5 Å². The van der Waals surface area contributed by atoms with Gasteiger partial charge in [0.15, 0.2) is 5.82 Å². The van der Waals surface area contributed by atoms with Crippen LogP contribution in [0, 0.1) is 18.6 Å². The number of ether oxygens (including phenoxy) is 1. The standard InChI is InChI=1S/C22H20F2N6O2/c1-12-3-5-15(23)18(7-12)29-22(31)28-17-6-4-13(8-16(17)24)19-14(10-32-2)9-30-20(19)21(25)26-11-27-30/h3-9,11H,10H2,1-2H3,(H2,25,26,27)(H2,28,29,31). The van der Waals surface area contributed by atoms with Gasteiger partial charge in [0.1, 0.15) is 23.5 Å². The van der Waals surface area contributed by atoms with Crippen molar-refractivity contribution in [2.45, 2.75) is 13.5 Å². The second-order valence-electron chi connectivity index (χ2n) is 7.16. The Morgan fingerprint density at radius 3 is 2.66 bits per heavy atom. The third-order valence-electron chi connectivity index (χ3n) is 4.86. The zero-order chi connectivity index (χ0) is 22.8. The molecule has 2 amide bonds. The second kappa shape index (κ2) is 8.60. The predicted octanol–water partition coefficient (Wildman–Crippen LogP) is 4.36. The van der Waals surface area contributed by atoms with Gasteiger partial charge >= 0.3 is 6.03 Å². The van der Waals surface area contributed by atoms with Crippen molar-refractivity contribution in [1.29, 1.82) is 0 Å². The summed E-state index contributed by atoms with van der Waals surface area (Å²) in [5, 5.41) is 8.92. The van der Waals surface area contributed by atoms with Gasteiger partial charge in [0.25, 0.3) is 0 Å². The van der Waals surface area contributed by atoms with Crippen LogP contribution in [-0.2, 0) is 11.3 Å². The molecule has 0 aliphatic carbocycles. The SMILES string of the molecule is COCc1cn2ncnc(N)c2c1-c1ccc(NC(=O)Nc2cc(C)ccc2F)c(F)c1. The Hall–Kier alpha value is -4.05. The molecule has 10 heteroatoms. The summed E-state index contributed by atoms with van der Waals surface area (Å²) in [4.78, 5) is 16.3. The number of fused-ring (bicyclic) bond motifs is 1. The number of anilines is 3. The van der Waals surface area contributed by atoms with E-state index in [0.29, 0.717) is 16.6 Å². The molecule has 0 spiro atoms. The van der Waals surface area contributed by atoms with Gasteiger partial charge < -0.3 is 21.1 Å². The topological polar surface area (TPSA) is 107 Å². The number of hydrogen-bond acceptors (Lipinski definition) is 5. The lowest BCUT2D eigenvalue weighted by Gasteiger charge is -2.11. The lowest BCUT2D eigenvalue weighted by molar-refractivity contribution is 0.185. The van der Waals surface area contributed by atoms with E-state index >= 15 is 0 Å². The first-order chi connectivity index (χ1) is 15.4. The first-order valence-electron chi connectivity index (χ1n) is 9.61. The maximum Gasteiger partial charge on any atom is 0.323 e. The molecular weight excluding hydrogens is 418 g/mol. The third-order valence-corrected chi connectivity index (χ3v) is 4.86. The molecule has 4 rings (SSSR count). The molecule has 0 radical (unpaired) electrons. The number of nitrogens with two attached hydrogens (primary N) is 1. The number of hydrogen-bond donors (Lipinski definition) is 3. The quantitative estimate of drug-likeness (QED) is 0.429. The van der Waals surface area contributed by atoms with Crippen molar-refractivity contribution in [3.8, 4) is 11.1 Å². The number of aryl methyl sites for hydroxylation is 1. The van der Waals surface area contributed by atoms with Crippen LogP contribution in [0.25, 0.3) is 16.6 Å². The van der Waals surface area contributed by atoms with Gasteiger partial charge in [-0.3, -0.25) is 0 Å². The summed E-state index contributed by atoms with van der Waals surface area (Å²) < 4.78 is 35.6. The lowest BCUT2D eigenvalue weighted by Crippen LogP contribution is -2.20. The molecule has 164 valence electrons. The van der Waals surface area contributed by atoms with E-state index in [1.54, 1.807) is 36.9 Å². The van der Waals surface area contributed by atoms with Crippen molar-refractivity contribution < 1.29 is 18.3 Å². The zero-order valence-corrected chi connectivity index (χ0v) is 17.3. The molecular formula is C22H20F2N6O2. The molecule has 8 nitrogen and oxygen atoms in total. The molecule has 0 aliphatic rings. The maximum absolute atomic E-state index is 14.9. The van der Waals surface area contributed by atoms with Crippen molar-refractivity contribution in [3.05, 3.63) is 71.7 Å². The average molecular weight is 438 g/mol. The molecule has 4 N–H and O–H groups in total. The second-order valence-corrected chi connectivity index (χ2v) is 7.16. The van der Waals surface area contributed by atoms with Crippen molar-refractivity contribution in [2.24, 2.45) is 0 Å². The maximum atomic E-state index is 14.9. The smallest absolute Gasteiger partial charge is 0.323 e. The summed E-state index contributed by atoms with van der Waals surface area (Å²) in [5.41, 5.74) is 9.13. The van der Waals surface area contributed by atoms with Crippen LogP contribution in [0.1, 0.15) is 11.1 Å². The van der Waals surface area contributed by atoms with E-state index in [-0.39, 0.29) is 23.8 Å². The first-order valence-corrected chi connectivity index (χ1v) is 9.61. The lowest BCUT2D eigenvalue weighted by atomic mass is 10.0. The average Bonchev–Trinajstić information content (AvgIpc) is 3.12. The van der Waals surface area contributed by atoms with Gasteiger partial charge in [-0.25, -0.2) is 23.1 Å². The van der Waals surface area contributed by atoms with E-state index in [9.17, 15) is 13.6 Å². The molecule has 0 unspecified atom stereocenters. The number of nitrogens with zero attached hydrogens (tertiary/aromatic N) is 3. The van der Waals surface area contributed by atoms with Crippen LogP contribution in [0.3, 0.4) is 0 Å². The fourth-order valence-electron chi connectivity index (χ4n) is 3.45. The first kappa shape index (κ1) is 21.2. The van der Waals surface area contributed by atoms with Crippen LogP contribution in [0.15, 0.2) is 48.9 Å². The van der Waals surface area contributed by atoms with Crippen molar-refractivity contribution in [3.63, 3.8) is 0 Å². The molecule has 0 fully saturated rings. The Labute approximate surface area is 182 Å². The molecule has 4 aromatic rings. The molecule has 0 saturated carbocycles. The van der Waals surface area contributed by atoms with Gasteiger partial charge in [0, 0.05) is 24.4 Å². The van der Waals surface area contributed by atoms with Crippen LogP contribution in [0.5, 0.6) is 0 Å². The van der Waals surface area contributed by atoms with Gasteiger partial charge in [-0.05, 0) is 42.3 Å². The molecule has 0 aliphatic heterocycles. The number of carbonyl (C=O) groups is 1. The molecule has 32 heavy (non-hydrogen) atoms. The predicted molar refractivity (Wildman–Crippen MR) is 117 cm³/mol. The van der Waals surface area contributed by atoms with E-state index < -0.39 is 17.7 Å².